The molecule has 9 heteroatoms. The van der Waals surface area contributed by atoms with E-state index in [2.05, 4.69) is 47.6 Å². The summed E-state index contributed by atoms with van der Waals surface area (Å²) in [6, 6.07) is -0.258. The van der Waals surface area contributed by atoms with Gasteiger partial charge >= 0.3 is 0 Å². The smallest absolute Gasteiger partial charge is 0.204 e. The van der Waals surface area contributed by atoms with E-state index in [-0.39, 0.29) is 36.1 Å². The molecule has 0 fully saturated rings. The Bertz CT molecular complexity index is 933. The molecule has 0 aliphatic carbocycles. The van der Waals surface area contributed by atoms with Crippen LogP contribution in [-0.4, -0.2) is 67.4 Å². The van der Waals surface area contributed by atoms with Gasteiger partial charge in [-0.3, -0.25) is 9.79 Å². The third-order valence-electron chi connectivity index (χ3n) is 5.22. The Balaban J connectivity index is 0.00000458. The second-order valence-electron chi connectivity index (χ2n) is 8.83. The van der Waals surface area contributed by atoms with Crippen LogP contribution in [0.4, 0.5) is 0 Å². The molecule has 39 heavy (non-hydrogen) atoms. The molecule has 0 aromatic heterocycles. The number of carbonyl (C=O) groups is 1. The van der Waals surface area contributed by atoms with Crippen LogP contribution in [0.15, 0.2) is 76.5 Å². The fraction of sp³-hybridized carbons (Fsp3) is 0.500. The Labute approximate surface area is 235 Å². The van der Waals surface area contributed by atoms with Crippen LogP contribution >= 0.6 is 0 Å². The van der Waals surface area contributed by atoms with Crippen molar-refractivity contribution in [2.24, 2.45) is 21.1 Å². The van der Waals surface area contributed by atoms with E-state index in [1.54, 1.807) is 25.0 Å². The molecular weight excluding hydrogens is 492 g/mol. The van der Waals surface area contributed by atoms with Gasteiger partial charge in [-0.25, -0.2) is 0 Å². The molecule has 0 aromatic rings. The average Bonchev–Trinajstić information content (AvgIpc) is 2.93. The van der Waals surface area contributed by atoms with Gasteiger partial charge in [0.15, 0.2) is 0 Å². The number of hydrogen-bond acceptors (Lipinski definition) is 9. The minimum Gasteiger partial charge on any atom is -0.495 e. The van der Waals surface area contributed by atoms with Crippen LogP contribution < -0.4 is 5.43 Å². The van der Waals surface area contributed by atoms with E-state index in [0.717, 1.165) is 25.0 Å². The molecule has 1 heterocycles. The van der Waals surface area contributed by atoms with Gasteiger partial charge in [0.05, 0.1) is 30.8 Å². The molecular formula is C30H48N6O3. The molecule has 9 nitrogen and oxygen atoms in total. The molecule has 2 N–H and O–H groups in total. The van der Waals surface area contributed by atoms with Crippen molar-refractivity contribution in [1.29, 1.82) is 5.41 Å². The Morgan fingerprint density at radius 3 is 2.59 bits per heavy atom. The molecule has 216 valence electrons. The predicted octanol–water partition coefficient (Wildman–Crippen LogP) is 5.84. The first-order valence-corrected chi connectivity index (χ1v) is 13.5. The number of hydrogen-bond donors (Lipinski definition) is 2. The van der Waals surface area contributed by atoms with Crippen molar-refractivity contribution in [3.05, 3.63) is 61.3 Å². The van der Waals surface area contributed by atoms with Gasteiger partial charge in [0, 0.05) is 25.7 Å². The van der Waals surface area contributed by atoms with Crippen LogP contribution in [0, 0.1) is 11.3 Å². The van der Waals surface area contributed by atoms with Crippen molar-refractivity contribution in [3.8, 4) is 0 Å². The van der Waals surface area contributed by atoms with E-state index < -0.39 is 0 Å². The van der Waals surface area contributed by atoms with E-state index >= 15 is 0 Å². The number of ether oxygens (including phenoxy) is 2. The lowest BCUT2D eigenvalue weighted by atomic mass is 9.94. The first-order valence-electron chi connectivity index (χ1n) is 13.5. The summed E-state index contributed by atoms with van der Waals surface area (Å²) in [7, 11) is 1.89. The summed E-state index contributed by atoms with van der Waals surface area (Å²) < 4.78 is 11.1. The van der Waals surface area contributed by atoms with E-state index in [9.17, 15) is 4.79 Å². The summed E-state index contributed by atoms with van der Waals surface area (Å²) in [4.78, 5) is 16.7. The second-order valence-corrected chi connectivity index (χ2v) is 8.83. The van der Waals surface area contributed by atoms with Gasteiger partial charge < -0.3 is 25.3 Å². The number of aliphatic imine (C=N–C) groups is 1. The predicted molar refractivity (Wildman–Crippen MR) is 165 cm³/mol. The molecule has 3 unspecified atom stereocenters. The number of allylic oxidation sites excluding steroid dienone is 3. The Hall–Kier alpha value is -3.75. The lowest BCUT2D eigenvalue weighted by Crippen LogP contribution is -2.30. The highest BCUT2D eigenvalue weighted by Gasteiger charge is 2.19. The van der Waals surface area contributed by atoms with Crippen molar-refractivity contribution >= 4 is 30.1 Å². The second kappa shape index (κ2) is 22.3. The number of nitrogens with one attached hydrogen (secondary N) is 2. The Kier molecular flexibility index (Phi) is 20.1. The molecule has 0 aromatic carbocycles. The van der Waals surface area contributed by atoms with Gasteiger partial charge in [-0.2, -0.15) is 10.2 Å². The van der Waals surface area contributed by atoms with Gasteiger partial charge in [-0.1, -0.05) is 47.3 Å². The molecule has 0 bridgehead atoms. The van der Waals surface area contributed by atoms with Crippen LogP contribution in [-0.2, 0) is 14.3 Å². The number of hydrazone groups is 2. The fourth-order valence-corrected chi connectivity index (χ4v) is 2.82. The van der Waals surface area contributed by atoms with Crippen LogP contribution in [0.25, 0.3) is 0 Å². The molecule has 1 aliphatic rings. The number of unbranched alkanes of at least 4 members (excludes halogenated alkanes) is 1. The molecule has 1 rings (SSSR count). The van der Waals surface area contributed by atoms with Gasteiger partial charge in [0.25, 0.3) is 0 Å². The molecule has 0 saturated carbocycles. The van der Waals surface area contributed by atoms with Crippen molar-refractivity contribution in [2.75, 3.05) is 20.2 Å². The zero-order valence-electron chi connectivity index (χ0n) is 24.6. The topological polar surface area (TPSA) is 112 Å². The Morgan fingerprint density at radius 1 is 1.28 bits per heavy atom. The van der Waals surface area contributed by atoms with E-state index in [4.69, 9.17) is 14.9 Å². The minimum atomic E-state index is -0.309. The molecule has 0 radical (unpaired) electrons. The van der Waals surface area contributed by atoms with Crippen LogP contribution in [0.3, 0.4) is 0 Å². The first kappa shape index (κ1) is 35.2. The van der Waals surface area contributed by atoms with E-state index in [1.807, 2.05) is 51.1 Å². The summed E-state index contributed by atoms with van der Waals surface area (Å²) in [6.45, 7) is 18.7. The highest BCUT2D eigenvalue weighted by molar-refractivity contribution is 6.44. The summed E-state index contributed by atoms with van der Waals surface area (Å²) in [6.07, 6.45) is 18.2. The number of rotatable bonds is 18. The number of nitrogens with zero attached hydrogens (tertiary/aromatic N) is 4. The van der Waals surface area contributed by atoms with Crippen molar-refractivity contribution in [2.45, 2.75) is 72.4 Å². The lowest BCUT2D eigenvalue weighted by Gasteiger charge is -2.21. The fourth-order valence-electron chi connectivity index (χ4n) is 2.82. The van der Waals surface area contributed by atoms with Crippen molar-refractivity contribution < 1.29 is 14.3 Å². The molecule has 0 amide bonds. The molecule has 0 spiro atoms. The van der Waals surface area contributed by atoms with Gasteiger partial charge in [0.1, 0.15) is 18.1 Å². The van der Waals surface area contributed by atoms with Crippen molar-refractivity contribution in [1.82, 2.24) is 10.4 Å². The minimum absolute atomic E-state index is 0.000594. The maximum Gasteiger partial charge on any atom is 0.204 e. The van der Waals surface area contributed by atoms with Crippen LogP contribution in [0.2, 0.25) is 0 Å². The monoisotopic (exact) mass is 540 g/mol. The standard InChI is InChI=1S/C27H40N6O3.C3H8/c1-7-23(18-30-33(6)9-3)31-32-25(26(34)8-2)20-35-16-13-21(4)27-22(5)17-24(19-29-27)36-15-12-10-11-14-28;1-3-2/h8,12-19,21,23,27-28,31H,2,5,7,9-11,20H2,1,3-4,6H3;3H2,1-2H3/b15-12+,16-13+,28-14?,30-18-,32-25-;. The average molecular weight is 541 g/mol. The van der Waals surface area contributed by atoms with Crippen LogP contribution in [0.1, 0.15) is 60.3 Å². The maximum atomic E-state index is 12.2. The largest absolute Gasteiger partial charge is 0.495 e. The molecule has 1 aliphatic heterocycles. The third-order valence-corrected chi connectivity index (χ3v) is 5.22. The summed E-state index contributed by atoms with van der Waals surface area (Å²) in [5.74, 6) is 0.318. The number of dihydropyridines is 1. The first-order chi connectivity index (χ1) is 18.8. The maximum absolute atomic E-state index is 12.2. The Morgan fingerprint density at radius 2 is 2.00 bits per heavy atom. The number of carbonyl (C=O) groups excluding carboxylic acids is 1. The van der Waals surface area contributed by atoms with Crippen LogP contribution in [0.5, 0.6) is 0 Å². The highest BCUT2D eigenvalue weighted by Crippen LogP contribution is 2.22. The lowest BCUT2D eigenvalue weighted by molar-refractivity contribution is -0.109. The quantitative estimate of drug-likeness (QED) is 0.0746. The zero-order chi connectivity index (χ0) is 29.5. The summed E-state index contributed by atoms with van der Waals surface area (Å²) in [5, 5.41) is 17.4. The third kappa shape index (κ3) is 16.0. The molecule has 3 atom stereocenters. The van der Waals surface area contributed by atoms with Gasteiger partial charge in [0.2, 0.25) is 5.78 Å². The SMILES string of the molecule is C=CC(=O)/C(CO/C=C/C(C)C1N=CC(O/C=C/CCC=N)=CC1=C)=N\NC(/C=N\N(C)CC)CC.CCC. The zero-order valence-corrected chi connectivity index (χ0v) is 24.6. The highest BCUT2D eigenvalue weighted by atomic mass is 16.5. The number of ketones is 1. The van der Waals surface area contributed by atoms with Gasteiger partial charge in [-0.05, 0) is 62.3 Å². The molecule has 0 saturated heterocycles. The normalized spacial score (nSPS) is 16.9. The summed E-state index contributed by atoms with van der Waals surface area (Å²) >= 11 is 0. The van der Waals surface area contributed by atoms with E-state index in [1.165, 1.54) is 18.7 Å². The van der Waals surface area contributed by atoms with Gasteiger partial charge in [-0.15, -0.1) is 0 Å². The van der Waals surface area contributed by atoms with Crippen molar-refractivity contribution in [3.63, 3.8) is 0 Å². The van der Waals surface area contributed by atoms with E-state index in [0.29, 0.717) is 12.2 Å². The summed E-state index contributed by atoms with van der Waals surface area (Å²) in [5.41, 5.74) is 4.02.